The molecular weight excluding hydrogens is 228 g/mol. The van der Waals surface area contributed by atoms with Crippen molar-refractivity contribution in [3.8, 4) is 0 Å². The zero-order chi connectivity index (χ0) is 11.9. The van der Waals surface area contributed by atoms with E-state index in [-0.39, 0.29) is 0 Å². The minimum Gasteiger partial charge on any atom is -0.303 e. The number of hydrogen-bond donors (Lipinski definition) is 0. The van der Waals surface area contributed by atoms with E-state index in [0.29, 0.717) is 6.04 Å². The second-order valence-corrected chi connectivity index (χ2v) is 4.71. The molecule has 0 aromatic heterocycles. The first kappa shape index (κ1) is 12.4. The molecule has 0 bridgehead atoms. The molecule has 0 amide bonds. The van der Waals surface area contributed by atoms with E-state index in [0.717, 1.165) is 38.9 Å². The summed E-state index contributed by atoms with van der Waals surface area (Å²) in [6.45, 7) is 3.42. The molecule has 0 saturated carbocycles. The van der Waals surface area contributed by atoms with Crippen molar-refractivity contribution in [1.29, 1.82) is 0 Å². The van der Waals surface area contributed by atoms with Gasteiger partial charge < -0.3 is 4.90 Å². The molecule has 1 saturated heterocycles. The SMILES string of the molecule is S=C=NC1CCN(CCc2ccccc2)CC1. The highest BCUT2D eigenvalue weighted by molar-refractivity contribution is 7.78. The van der Waals surface area contributed by atoms with Gasteiger partial charge in [0.05, 0.1) is 11.2 Å². The fourth-order valence-electron chi connectivity index (χ4n) is 2.28. The number of thiocarbonyl (C=S) groups is 1. The van der Waals surface area contributed by atoms with Gasteiger partial charge in [-0.2, -0.15) is 0 Å². The predicted molar refractivity (Wildman–Crippen MR) is 74.6 cm³/mol. The molecular formula is C14H18N2S. The largest absolute Gasteiger partial charge is 0.303 e. The monoisotopic (exact) mass is 246 g/mol. The summed E-state index contributed by atoms with van der Waals surface area (Å²) < 4.78 is 0. The zero-order valence-corrected chi connectivity index (χ0v) is 10.8. The van der Waals surface area contributed by atoms with Crippen LogP contribution in [0.2, 0.25) is 0 Å². The van der Waals surface area contributed by atoms with E-state index in [1.165, 1.54) is 5.56 Å². The van der Waals surface area contributed by atoms with Gasteiger partial charge in [-0.25, -0.2) is 4.99 Å². The Morgan fingerprint density at radius 1 is 1.24 bits per heavy atom. The summed E-state index contributed by atoms with van der Waals surface area (Å²) in [7, 11) is 0. The summed E-state index contributed by atoms with van der Waals surface area (Å²) in [6, 6.07) is 11.1. The van der Waals surface area contributed by atoms with Gasteiger partial charge >= 0.3 is 0 Å². The standard InChI is InChI=1S/C14H18N2S/c17-12-15-14-7-10-16(11-8-14)9-6-13-4-2-1-3-5-13/h1-5,14H,6-11H2. The first-order valence-electron chi connectivity index (χ1n) is 6.22. The summed E-state index contributed by atoms with van der Waals surface area (Å²) in [5.74, 6) is 0. The molecule has 1 aromatic carbocycles. The molecule has 1 aromatic rings. The van der Waals surface area contributed by atoms with Gasteiger partial charge in [0.25, 0.3) is 0 Å². The third kappa shape index (κ3) is 4.04. The van der Waals surface area contributed by atoms with Gasteiger partial charge in [-0.15, -0.1) is 0 Å². The quantitative estimate of drug-likeness (QED) is 0.599. The first-order chi connectivity index (χ1) is 8.38. The van der Waals surface area contributed by atoms with Crippen LogP contribution in [0.5, 0.6) is 0 Å². The lowest BCUT2D eigenvalue weighted by atomic mass is 10.0. The molecule has 3 heteroatoms. The van der Waals surface area contributed by atoms with Crippen LogP contribution in [0.25, 0.3) is 0 Å². The smallest absolute Gasteiger partial charge is 0.0627 e. The lowest BCUT2D eigenvalue weighted by molar-refractivity contribution is 0.216. The van der Waals surface area contributed by atoms with E-state index in [1.807, 2.05) is 0 Å². The Balaban J connectivity index is 1.73. The second-order valence-electron chi connectivity index (χ2n) is 4.53. The molecule has 0 spiro atoms. The molecule has 0 radical (unpaired) electrons. The van der Waals surface area contributed by atoms with Crippen molar-refractivity contribution >= 4 is 17.4 Å². The lowest BCUT2D eigenvalue weighted by Crippen LogP contribution is -2.36. The van der Waals surface area contributed by atoms with E-state index in [2.05, 4.69) is 57.6 Å². The topological polar surface area (TPSA) is 15.6 Å². The fourth-order valence-corrected chi connectivity index (χ4v) is 2.43. The normalized spacial score (nSPS) is 17.6. The minimum absolute atomic E-state index is 0.417. The zero-order valence-electron chi connectivity index (χ0n) is 10.0. The molecule has 1 aliphatic rings. The van der Waals surface area contributed by atoms with Crippen LogP contribution in [0, 0.1) is 0 Å². The van der Waals surface area contributed by atoms with Crippen LogP contribution in [-0.4, -0.2) is 35.7 Å². The van der Waals surface area contributed by atoms with Gasteiger partial charge in [0, 0.05) is 19.6 Å². The van der Waals surface area contributed by atoms with Gasteiger partial charge in [-0.05, 0) is 37.0 Å². The minimum atomic E-state index is 0.417. The molecule has 1 heterocycles. The molecule has 2 nitrogen and oxygen atoms in total. The van der Waals surface area contributed by atoms with Crippen LogP contribution in [0.3, 0.4) is 0 Å². The maximum atomic E-state index is 4.65. The number of piperidine rings is 1. The van der Waals surface area contributed by atoms with Crippen molar-refractivity contribution in [2.75, 3.05) is 19.6 Å². The Bertz CT molecular complexity index is 376. The van der Waals surface area contributed by atoms with Crippen molar-refractivity contribution in [1.82, 2.24) is 4.90 Å². The summed E-state index contributed by atoms with van der Waals surface area (Å²) in [6.07, 6.45) is 3.39. The number of benzene rings is 1. The van der Waals surface area contributed by atoms with E-state index in [4.69, 9.17) is 0 Å². The molecule has 2 rings (SSSR count). The van der Waals surface area contributed by atoms with E-state index in [9.17, 15) is 0 Å². The Kier molecular flexibility index (Phi) is 4.87. The van der Waals surface area contributed by atoms with Crippen molar-refractivity contribution in [3.63, 3.8) is 0 Å². The van der Waals surface area contributed by atoms with E-state index >= 15 is 0 Å². The van der Waals surface area contributed by atoms with Crippen LogP contribution in [0.4, 0.5) is 0 Å². The number of nitrogens with zero attached hydrogens (tertiary/aromatic N) is 2. The maximum absolute atomic E-state index is 4.65. The van der Waals surface area contributed by atoms with Gasteiger partial charge in [0.2, 0.25) is 0 Å². The molecule has 1 fully saturated rings. The summed E-state index contributed by atoms with van der Waals surface area (Å²) in [5, 5.41) is 2.50. The Morgan fingerprint density at radius 2 is 1.94 bits per heavy atom. The highest BCUT2D eigenvalue weighted by Crippen LogP contribution is 2.13. The summed E-state index contributed by atoms with van der Waals surface area (Å²) in [4.78, 5) is 6.69. The average Bonchev–Trinajstić information content (AvgIpc) is 2.40. The van der Waals surface area contributed by atoms with Crippen molar-refractivity contribution in [2.45, 2.75) is 25.3 Å². The van der Waals surface area contributed by atoms with Gasteiger partial charge in [-0.1, -0.05) is 30.3 Å². The number of rotatable bonds is 4. The summed E-state index contributed by atoms with van der Waals surface area (Å²) in [5.41, 5.74) is 1.42. The summed E-state index contributed by atoms with van der Waals surface area (Å²) >= 11 is 4.65. The van der Waals surface area contributed by atoms with Gasteiger partial charge in [0.15, 0.2) is 0 Å². The Labute approximate surface area is 108 Å². The van der Waals surface area contributed by atoms with Crippen molar-refractivity contribution < 1.29 is 0 Å². The third-order valence-corrected chi connectivity index (χ3v) is 3.46. The van der Waals surface area contributed by atoms with E-state index < -0.39 is 0 Å². The molecule has 1 aliphatic heterocycles. The third-order valence-electron chi connectivity index (χ3n) is 3.35. The van der Waals surface area contributed by atoms with Gasteiger partial charge in [-0.3, -0.25) is 0 Å². The number of hydrogen-bond acceptors (Lipinski definition) is 3. The molecule has 0 N–H and O–H groups in total. The highest BCUT2D eigenvalue weighted by Gasteiger charge is 2.17. The predicted octanol–water partition coefficient (Wildman–Crippen LogP) is 2.80. The Hall–Kier alpha value is -1.02. The molecule has 0 unspecified atom stereocenters. The van der Waals surface area contributed by atoms with Crippen LogP contribution in [0.15, 0.2) is 35.3 Å². The van der Waals surface area contributed by atoms with Crippen molar-refractivity contribution in [2.24, 2.45) is 4.99 Å². The highest BCUT2D eigenvalue weighted by atomic mass is 32.1. The van der Waals surface area contributed by atoms with E-state index in [1.54, 1.807) is 0 Å². The first-order valence-corrected chi connectivity index (χ1v) is 6.62. The van der Waals surface area contributed by atoms with Crippen LogP contribution in [-0.2, 0) is 6.42 Å². The van der Waals surface area contributed by atoms with Gasteiger partial charge in [0.1, 0.15) is 0 Å². The number of likely N-dealkylation sites (tertiary alicyclic amines) is 1. The number of aliphatic imine (C=N–C) groups is 1. The van der Waals surface area contributed by atoms with Crippen LogP contribution < -0.4 is 0 Å². The fraction of sp³-hybridized carbons (Fsp3) is 0.500. The second kappa shape index (κ2) is 6.65. The number of isothiocyanates is 1. The lowest BCUT2D eigenvalue weighted by Gasteiger charge is -2.29. The van der Waals surface area contributed by atoms with Crippen LogP contribution in [0.1, 0.15) is 18.4 Å². The molecule has 0 atom stereocenters. The average molecular weight is 246 g/mol. The van der Waals surface area contributed by atoms with Crippen LogP contribution >= 0.6 is 12.2 Å². The maximum Gasteiger partial charge on any atom is 0.0627 e. The molecule has 17 heavy (non-hydrogen) atoms. The molecule has 0 aliphatic carbocycles. The molecule has 90 valence electrons. The van der Waals surface area contributed by atoms with Crippen molar-refractivity contribution in [3.05, 3.63) is 35.9 Å². The Morgan fingerprint density at radius 3 is 2.59 bits per heavy atom.